The van der Waals surface area contributed by atoms with Gasteiger partial charge in [-0.25, -0.2) is 0 Å². The summed E-state index contributed by atoms with van der Waals surface area (Å²) in [6, 6.07) is 19.8. The standard InChI is InChI=1S/C20H14N6/c1-3-7-17(19-11-13-21-25-23-19)15(5-1)9-10-16-6-2-4-8-18(16)20-12-14-22-26-24-20/h1-14H/b10-9+. The lowest BCUT2D eigenvalue weighted by Gasteiger charge is -2.06. The first-order valence-corrected chi connectivity index (χ1v) is 8.07. The minimum absolute atomic E-state index is 0.786. The van der Waals surface area contributed by atoms with E-state index in [1.807, 2.05) is 60.7 Å². The van der Waals surface area contributed by atoms with Crippen molar-refractivity contribution in [1.82, 2.24) is 30.8 Å². The Morgan fingerprint density at radius 2 is 1.00 bits per heavy atom. The summed E-state index contributed by atoms with van der Waals surface area (Å²) in [5, 5.41) is 23.2. The Hall–Kier alpha value is -3.80. The van der Waals surface area contributed by atoms with Crippen LogP contribution in [-0.4, -0.2) is 30.8 Å². The fourth-order valence-electron chi connectivity index (χ4n) is 2.70. The van der Waals surface area contributed by atoms with Crippen LogP contribution in [-0.2, 0) is 0 Å². The molecule has 0 aliphatic heterocycles. The zero-order valence-corrected chi connectivity index (χ0v) is 13.8. The molecule has 26 heavy (non-hydrogen) atoms. The second kappa shape index (κ2) is 7.40. The Kier molecular flexibility index (Phi) is 4.47. The van der Waals surface area contributed by atoms with E-state index in [9.17, 15) is 0 Å². The van der Waals surface area contributed by atoms with Gasteiger partial charge in [0.1, 0.15) is 0 Å². The van der Waals surface area contributed by atoms with Crippen LogP contribution in [0.25, 0.3) is 34.7 Å². The van der Waals surface area contributed by atoms with Crippen molar-refractivity contribution < 1.29 is 0 Å². The predicted octanol–water partition coefficient (Wildman–Crippen LogP) is 3.56. The summed E-state index contributed by atoms with van der Waals surface area (Å²) in [6.45, 7) is 0. The molecule has 4 aromatic rings. The first-order chi connectivity index (χ1) is 12.9. The maximum Gasteiger partial charge on any atom is 0.0969 e. The zero-order chi connectivity index (χ0) is 17.6. The average Bonchev–Trinajstić information content (AvgIpc) is 2.74. The van der Waals surface area contributed by atoms with Gasteiger partial charge in [0.25, 0.3) is 0 Å². The lowest BCUT2D eigenvalue weighted by Crippen LogP contribution is -1.92. The highest BCUT2D eigenvalue weighted by molar-refractivity contribution is 5.83. The molecular weight excluding hydrogens is 324 g/mol. The third-order valence-electron chi connectivity index (χ3n) is 3.92. The van der Waals surface area contributed by atoms with Crippen molar-refractivity contribution in [3.8, 4) is 22.5 Å². The molecule has 2 aromatic heterocycles. The van der Waals surface area contributed by atoms with Gasteiger partial charge in [0, 0.05) is 11.1 Å². The van der Waals surface area contributed by atoms with Crippen molar-refractivity contribution in [2.75, 3.05) is 0 Å². The summed E-state index contributed by atoms with van der Waals surface area (Å²) < 4.78 is 0. The lowest BCUT2D eigenvalue weighted by atomic mass is 10.0. The van der Waals surface area contributed by atoms with E-state index < -0.39 is 0 Å². The molecule has 4 rings (SSSR count). The molecule has 0 aliphatic rings. The largest absolute Gasteiger partial charge is 0.139 e. The van der Waals surface area contributed by atoms with Crippen LogP contribution >= 0.6 is 0 Å². The molecule has 0 bridgehead atoms. The van der Waals surface area contributed by atoms with E-state index in [0.717, 1.165) is 33.6 Å². The molecule has 2 aromatic carbocycles. The third-order valence-corrected chi connectivity index (χ3v) is 3.92. The minimum atomic E-state index is 0.786. The molecule has 0 amide bonds. The van der Waals surface area contributed by atoms with Gasteiger partial charge in [-0.05, 0) is 33.7 Å². The van der Waals surface area contributed by atoms with Crippen LogP contribution in [0.5, 0.6) is 0 Å². The van der Waals surface area contributed by atoms with Gasteiger partial charge in [0.2, 0.25) is 0 Å². The average molecular weight is 338 g/mol. The second-order valence-corrected chi connectivity index (χ2v) is 5.52. The van der Waals surface area contributed by atoms with Crippen molar-refractivity contribution in [3.63, 3.8) is 0 Å². The molecule has 124 valence electrons. The van der Waals surface area contributed by atoms with E-state index in [1.165, 1.54) is 0 Å². The van der Waals surface area contributed by atoms with Crippen molar-refractivity contribution in [2.24, 2.45) is 0 Å². The molecule has 0 spiro atoms. The smallest absolute Gasteiger partial charge is 0.0969 e. The maximum absolute atomic E-state index is 4.11. The molecule has 0 radical (unpaired) electrons. The van der Waals surface area contributed by atoms with Gasteiger partial charge >= 0.3 is 0 Å². The van der Waals surface area contributed by atoms with E-state index in [2.05, 4.69) is 43.0 Å². The van der Waals surface area contributed by atoms with Gasteiger partial charge < -0.3 is 0 Å². The van der Waals surface area contributed by atoms with Gasteiger partial charge in [-0.3, -0.25) is 0 Å². The first kappa shape index (κ1) is 15.7. The zero-order valence-electron chi connectivity index (χ0n) is 13.8. The molecule has 0 fully saturated rings. The van der Waals surface area contributed by atoms with E-state index in [-0.39, 0.29) is 0 Å². The first-order valence-electron chi connectivity index (χ1n) is 8.07. The van der Waals surface area contributed by atoms with Crippen molar-refractivity contribution in [2.45, 2.75) is 0 Å². The van der Waals surface area contributed by atoms with Gasteiger partial charge in [0.15, 0.2) is 0 Å². The Morgan fingerprint density at radius 1 is 0.538 bits per heavy atom. The normalized spacial score (nSPS) is 10.9. The highest BCUT2D eigenvalue weighted by Crippen LogP contribution is 2.26. The monoisotopic (exact) mass is 338 g/mol. The summed E-state index contributed by atoms with van der Waals surface area (Å²) in [6.07, 6.45) is 7.40. The van der Waals surface area contributed by atoms with Gasteiger partial charge in [-0.2, -0.15) is 0 Å². The second-order valence-electron chi connectivity index (χ2n) is 5.52. The number of hydrogen-bond donors (Lipinski definition) is 0. The van der Waals surface area contributed by atoms with Crippen LogP contribution in [0.3, 0.4) is 0 Å². The van der Waals surface area contributed by atoms with Crippen LogP contribution in [0, 0.1) is 0 Å². The van der Waals surface area contributed by atoms with Crippen LogP contribution in [0.2, 0.25) is 0 Å². The van der Waals surface area contributed by atoms with E-state index >= 15 is 0 Å². The molecule has 0 saturated carbocycles. The molecule has 0 N–H and O–H groups in total. The van der Waals surface area contributed by atoms with Crippen LogP contribution in [0.1, 0.15) is 11.1 Å². The summed E-state index contributed by atoms with van der Waals surface area (Å²) in [7, 11) is 0. The maximum atomic E-state index is 4.11. The molecule has 6 heteroatoms. The fourth-order valence-corrected chi connectivity index (χ4v) is 2.70. The molecule has 0 atom stereocenters. The number of nitrogens with zero attached hydrogens (tertiary/aromatic N) is 6. The predicted molar refractivity (Wildman–Crippen MR) is 99.5 cm³/mol. The molecule has 0 saturated heterocycles. The van der Waals surface area contributed by atoms with Gasteiger partial charge in [-0.1, -0.05) is 60.7 Å². The Labute approximate surface area is 150 Å². The summed E-state index contributed by atoms with van der Waals surface area (Å²) >= 11 is 0. The highest BCUT2D eigenvalue weighted by Gasteiger charge is 2.06. The lowest BCUT2D eigenvalue weighted by molar-refractivity contribution is 0.870. The summed E-state index contributed by atoms with van der Waals surface area (Å²) in [5.74, 6) is 0. The molecule has 0 aliphatic carbocycles. The fraction of sp³-hybridized carbons (Fsp3) is 0. The van der Waals surface area contributed by atoms with E-state index in [4.69, 9.17) is 0 Å². The van der Waals surface area contributed by atoms with Crippen LogP contribution in [0.4, 0.5) is 0 Å². The number of benzene rings is 2. The Morgan fingerprint density at radius 3 is 1.42 bits per heavy atom. The van der Waals surface area contributed by atoms with E-state index in [1.54, 1.807) is 12.4 Å². The Balaban J connectivity index is 1.73. The van der Waals surface area contributed by atoms with Crippen LogP contribution in [0.15, 0.2) is 73.1 Å². The third kappa shape index (κ3) is 3.34. The SMILES string of the molecule is C(=C\c1ccccc1-c1ccnnn1)/c1ccccc1-c1ccnnn1. The molecular formula is C20H14N6. The topological polar surface area (TPSA) is 77.3 Å². The van der Waals surface area contributed by atoms with Gasteiger partial charge in [0.05, 0.1) is 23.8 Å². The number of hydrogen-bond acceptors (Lipinski definition) is 6. The quantitative estimate of drug-likeness (QED) is 0.530. The summed E-state index contributed by atoms with van der Waals surface area (Å²) in [4.78, 5) is 0. The van der Waals surface area contributed by atoms with Gasteiger partial charge in [-0.15, -0.1) is 20.4 Å². The molecule has 6 nitrogen and oxygen atoms in total. The summed E-state index contributed by atoms with van der Waals surface area (Å²) in [5.41, 5.74) is 5.66. The van der Waals surface area contributed by atoms with Crippen molar-refractivity contribution >= 4 is 12.2 Å². The van der Waals surface area contributed by atoms with E-state index in [0.29, 0.717) is 0 Å². The van der Waals surface area contributed by atoms with Crippen molar-refractivity contribution in [1.29, 1.82) is 0 Å². The van der Waals surface area contributed by atoms with Crippen LogP contribution < -0.4 is 0 Å². The minimum Gasteiger partial charge on any atom is -0.139 e. The highest BCUT2D eigenvalue weighted by atomic mass is 15.3. The van der Waals surface area contributed by atoms with Crippen molar-refractivity contribution in [3.05, 3.63) is 84.2 Å². The Bertz CT molecular complexity index is 947. The number of aromatic nitrogens is 6. The molecule has 0 unspecified atom stereocenters. The molecule has 2 heterocycles. The number of rotatable bonds is 4.